The van der Waals surface area contributed by atoms with Crippen LogP contribution < -0.4 is 4.72 Å². The van der Waals surface area contributed by atoms with Crippen LogP contribution in [-0.2, 0) is 10.0 Å². The van der Waals surface area contributed by atoms with Crippen LogP contribution in [0.2, 0.25) is 0 Å². The van der Waals surface area contributed by atoms with Crippen molar-refractivity contribution in [3.05, 3.63) is 69.8 Å². The molecule has 0 spiro atoms. The second-order valence-corrected chi connectivity index (χ2v) is 8.10. The maximum atomic E-state index is 12.9. The molecule has 2 rings (SSSR count). The molecule has 2 aromatic rings. The summed E-state index contributed by atoms with van der Waals surface area (Å²) in [5, 5.41) is 11.0. The number of nitrogens with zero attached hydrogens (tertiary/aromatic N) is 1. The van der Waals surface area contributed by atoms with Crippen molar-refractivity contribution in [3.63, 3.8) is 0 Å². The van der Waals surface area contributed by atoms with Crippen LogP contribution >= 0.6 is 0 Å². The van der Waals surface area contributed by atoms with Gasteiger partial charge in [-0.3, -0.25) is 10.1 Å². The van der Waals surface area contributed by atoms with Crippen LogP contribution in [0, 0.1) is 23.0 Å². The fourth-order valence-corrected chi connectivity index (χ4v) is 4.15. The molecule has 25 heavy (non-hydrogen) atoms. The molecule has 0 saturated carbocycles. The average molecular weight is 362 g/mol. The van der Waals surface area contributed by atoms with E-state index in [1.54, 1.807) is 6.92 Å². The number of nitro benzene ring substituents is 1. The van der Waals surface area contributed by atoms with E-state index in [0.29, 0.717) is 12.0 Å². The zero-order valence-corrected chi connectivity index (χ0v) is 15.3. The lowest BCUT2D eigenvalue weighted by atomic mass is 9.98. The maximum absolute atomic E-state index is 12.9. The monoisotopic (exact) mass is 362 g/mol. The lowest BCUT2D eigenvalue weighted by molar-refractivity contribution is -0.385. The first kappa shape index (κ1) is 19.1. The highest BCUT2D eigenvalue weighted by molar-refractivity contribution is 7.89. The topological polar surface area (TPSA) is 89.3 Å². The molecular weight excluding hydrogens is 340 g/mol. The van der Waals surface area contributed by atoms with E-state index >= 15 is 0 Å². The molecule has 0 amide bonds. The molecule has 6 nitrogen and oxygen atoms in total. The third-order valence-corrected chi connectivity index (χ3v) is 5.49. The summed E-state index contributed by atoms with van der Waals surface area (Å²) in [6.45, 7) is 5.66. The van der Waals surface area contributed by atoms with Crippen molar-refractivity contribution >= 4 is 15.7 Å². The third kappa shape index (κ3) is 4.87. The van der Waals surface area contributed by atoms with Gasteiger partial charge in [-0.05, 0) is 30.4 Å². The van der Waals surface area contributed by atoms with Crippen LogP contribution in [0.15, 0.2) is 53.4 Å². The van der Waals surface area contributed by atoms with E-state index < -0.39 is 21.0 Å². The van der Waals surface area contributed by atoms with E-state index in [2.05, 4.69) is 4.72 Å². The van der Waals surface area contributed by atoms with Gasteiger partial charge in [0.15, 0.2) is 0 Å². The van der Waals surface area contributed by atoms with Gasteiger partial charge in [-0.1, -0.05) is 50.2 Å². The fourth-order valence-electron chi connectivity index (χ4n) is 2.65. The van der Waals surface area contributed by atoms with Gasteiger partial charge in [-0.2, -0.15) is 0 Å². The molecule has 1 atom stereocenters. The van der Waals surface area contributed by atoms with Crippen molar-refractivity contribution < 1.29 is 13.3 Å². The summed E-state index contributed by atoms with van der Waals surface area (Å²) in [5.74, 6) is 0.277. The first-order chi connectivity index (χ1) is 11.7. The van der Waals surface area contributed by atoms with Crippen molar-refractivity contribution in [2.75, 3.05) is 0 Å². The summed E-state index contributed by atoms with van der Waals surface area (Å²) in [6.07, 6.45) is 0.622. The van der Waals surface area contributed by atoms with Crippen LogP contribution in [0.3, 0.4) is 0 Å². The highest BCUT2D eigenvalue weighted by Crippen LogP contribution is 2.26. The summed E-state index contributed by atoms with van der Waals surface area (Å²) in [5.41, 5.74) is 1.09. The second-order valence-electron chi connectivity index (χ2n) is 6.42. The van der Waals surface area contributed by atoms with E-state index in [4.69, 9.17) is 0 Å². The predicted octanol–water partition coefficient (Wildman–Crippen LogP) is 3.97. The molecule has 0 aliphatic heterocycles. The first-order valence-corrected chi connectivity index (χ1v) is 9.51. The number of benzene rings is 2. The molecule has 0 radical (unpaired) electrons. The van der Waals surface area contributed by atoms with E-state index in [9.17, 15) is 18.5 Å². The van der Waals surface area contributed by atoms with E-state index in [1.807, 2.05) is 44.2 Å². The van der Waals surface area contributed by atoms with Crippen LogP contribution in [0.25, 0.3) is 0 Å². The van der Waals surface area contributed by atoms with Gasteiger partial charge in [0, 0.05) is 18.2 Å². The summed E-state index contributed by atoms with van der Waals surface area (Å²) >= 11 is 0. The Labute approximate surface area is 148 Å². The van der Waals surface area contributed by atoms with Gasteiger partial charge in [-0.15, -0.1) is 0 Å². The number of sulfonamides is 1. The summed E-state index contributed by atoms with van der Waals surface area (Å²) < 4.78 is 28.4. The van der Waals surface area contributed by atoms with Gasteiger partial charge < -0.3 is 0 Å². The van der Waals surface area contributed by atoms with E-state index in [1.165, 1.54) is 12.1 Å². The zero-order chi connectivity index (χ0) is 18.6. The molecule has 0 aromatic heterocycles. The highest BCUT2D eigenvalue weighted by atomic mass is 32.2. The van der Waals surface area contributed by atoms with Crippen LogP contribution in [0.5, 0.6) is 0 Å². The SMILES string of the molecule is Cc1ccc([N+](=O)[O-])cc1S(=O)(=O)NC(CC(C)C)c1ccccc1. The molecule has 2 aromatic carbocycles. The smallest absolute Gasteiger partial charge is 0.258 e. The largest absolute Gasteiger partial charge is 0.270 e. The minimum absolute atomic E-state index is 0.0635. The first-order valence-electron chi connectivity index (χ1n) is 8.03. The highest BCUT2D eigenvalue weighted by Gasteiger charge is 2.25. The molecule has 0 bridgehead atoms. The number of nitrogens with one attached hydrogen (secondary N) is 1. The fraction of sp³-hybridized carbons (Fsp3) is 0.333. The van der Waals surface area contributed by atoms with Crippen LogP contribution in [0.1, 0.15) is 37.4 Å². The maximum Gasteiger partial charge on any atom is 0.270 e. The minimum Gasteiger partial charge on any atom is -0.258 e. The number of hydrogen-bond acceptors (Lipinski definition) is 4. The van der Waals surface area contributed by atoms with E-state index in [0.717, 1.165) is 11.6 Å². The number of rotatable bonds is 7. The zero-order valence-electron chi connectivity index (χ0n) is 14.5. The standard InChI is InChI=1S/C18H22N2O4S/c1-13(2)11-17(15-7-5-4-6-8-15)19-25(23,24)18-12-16(20(21)22)10-9-14(18)3/h4-10,12-13,17,19H,11H2,1-3H3. The molecule has 0 fully saturated rings. The Kier molecular flexibility index (Phi) is 5.92. The van der Waals surface area contributed by atoms with Crippen molar-refractivity contribution in [2.24, 2.45) is 5.92 Å². The summed E-state index contributed by atoms with van der Waals surface area (Å²) in [4.78, 5) is 10.3. The second kappa shape index (κ2) is 7.76. The van der Waals surface area contributed by atoms with Crippen LogP contribution in [-0.4, -0.2) is 13.3 Å². The molecule has 1 unspecified atom stereocenters. The van der Waals surface area contributed by atoms with E-state index in [-0.39, 0.29) is 16.5 Å². The molecule has 7 heteroatoms. The van der Waals surface area contributed by atoms with Crippen molar-refractivity contribution in [2.45, 2.75) is 38.1 Å². The van der Waals surface area contributed by atoms with Gasteiger partial charge in [0.1, 0.15) is 0 Å². The molecular formula is C18H22N2O4S. The Balaban J connectivity index is 2.41. The van der Waals surface area contributed by atoms with Gasteiger partial charge in [0.05, 0.1) is 9.82 Å². The number of hydrogen-bond donors (Lipinski definition) is 1. The molecule has 0 aliphatic carbocycles. The Hall–Kier alpha value is -2.25. The quantitative estimate of drug-likeness (QED) is 0.596. The Bertz CT molecular complexity index is 849. The summed E-state index contributed by atoms with van der Waals surface area (Å²) in [7, 11) is -3.89. The molecule has 0 saturated heterocycles. The van der Waals surface area contributed by atoms with Crippen molar-refractivity contribution in [1.29, 1.82) is 0 Å². The number of non-ortho nitro benzene ring substituents is 1. The Morgan fingerprint density at radius 3 is 2.32 bits per heavy atom. The molecule has 0 aliphatic rings. The Morgan fingerprint density at radius 2 is 1.76 bits per heavy atom. The Morgan fingerprint density at radius 1 is 1.12 bits per heavy atom. The van der Waals surface area contributed by atoms with Gasteiger partial charge >= 0.3 is 0 Å². The predicted molar refractivity (Wildman–Crippen MR) is 96.8 cm³/mol. The molecule has 0 heterocycles. The van der Waals surface area contributed by atoms with Crippen molar-refractivity contribution in [3.8, 4) is 0 Å². The van der Waals surface area contributed by atoms with Gasteiger partial charge in [0.2, 0.25) is 10.0 Å². The summed E-state index contributed by atoms with van der Waals surface area (Å²) in [6, 6.07) is 12.8. The number of nitro groups is 1. The molecule has 134 valence electrons. The lowest BCUT2D eigenvalue weighted by Gasteiger charge is -2.21. The van der Waals surface area contributed by atoms with Gasteiger partial charge in [-0.25, -0.2) is 13.1 Å². The average Bonchev–Trinajstić information content (AvgIpc) is 2.54. The minimum atomic E-state index is -3.89. The molecule has 1 N–H and O–H groups in total. The lowest BCUT2D eigenvalue weighted by Crippen LogP contribution is -2.30. The van der Waals surface area contributed by atoms with Crippen LogP contribution in [0.4, 0.5) is 5.69 Å². The van der Waals surface area contributed by atoms with Gasteiger partial charge in [0.25, 0.3) is 5.69 Å². The normalized spacial score (nSPS) is 13.0. The third-order valence-electron chi connectivity index (χ3n) is 3.88. The van der Waals surface area contributed by atoms with Crippen molar-refractivity contribution in [1.82, 2.24) is 4.72 Å². The number of aryl methyl sites for hydroxylation is 1.